The molecule has 2 fully saturated rings. The topological polar surface area (TPSA) is 6.48 Å². The molecule has 4 aliphatic rings. The predicted octanol–water partition coefficient (Wildman–Crippen LogP) is 6.98. The van der Waals surface area contributed by atoms with E-state index in [1.807, 2.05) is 0 Å². The summed E-state index contributed by atoms with van der Waals surface area (Å²) in [5, 5.41) is 0. The number of nitrogens with zero attached hydrogens (tertiary/aromatic N) is 2. The Kier molecular flexibility index (Phi) is 4.56. The van der Waals surface area contributed by atoms with Crippen LogP contribution in [0.5, 0.6) is 0 Å². The molecule has 1 aromatic rings. The van der Waals surface area contributed by atoms with E-state index in [-0.39, 0.29) is 5.41 Å². The zero-order valence-electron chi connectivity index (χ0n) is 18.0. The molecule has 2 unspecified atom stereocenters. The lowest BCUT2D eigenvalue weighted by Gasteiger charge is -2.39. The zero-order valence-corrected chi connectivity index (χ0v) is 18.0. The molecule has 0 bridgehead atoms. The van der Waals surface area contributed by atoms with Gasteiger partial charge in [0.15, 0.2) is 0 Å². The molecule has 0 saturated heterocycles. The number of allylic oxidation sites excluding steroid dienone is 2. The van der Waals surface area contributed by atoms with E-state index in [9.17, 15) is 0 Å². The minimum absolute atomic E-state index is 0.207. The van der Waals surface area contributed by atoms with Crippen LogP contribution < -0.4 is 4.90 Å². The summed E-state index contributed by atoms with van der Waals surface area (Å²) in [6.45, 7) is 7.21. The summed E-state index contributed by atoms with van der Waals surface area (Å²) in [6, 6.07) is 9.00. The molecule has 0 spiro atoms. The van der Waals surface area contributed by atoms with E-state index in [1.54, 1.807) is 5.70 Å². The lowest BCUT2D eigenvalue weighted by Crippen LogP contribution is -2.43. The molecule has 2 aliphatic carbocycles. The average Bonchev–Trinajstić information content (AvgIpc) is 3.42. The van der Waals surface area contributed by atoms with Crippen molar-refractivity contribution in [3.63, 3.8) is 0 Å². The van der Waals surface area contributed by atoms with Crippen molar-refractivity contribution < 1.29 is 0 Å². The van der Waals surface area contributed by atoms with Crippen LogP contribution in [0, 0.1) is 24.2 Å². The molecule has 2 saturated carbocycles. The Balaban J connectivity index is 1.60. The smallest absolute Gasteiger partial charge is 0.113 e. The second-order valence-corrected chi connectivity index (χ2v) is 9.89. The van der Waals surface area contributed by atoms with Gasteiger partial charge in [0.2, 0.25) is 0 Å². The number of hydrogen-bond acceptors (Lipinski definition) is 2. The summed E-state index contributed by atoms with van der Waals surface area (Å²) < 4.78 is 0. The summed E-state index contributed by atoms with van der Waals surface area (Å²) in [7, 11) is 0. The van der Waals surface area contributed by atoms with Crippen LogP contribution in [0.3, 0.4) is 0 Å². The fourth-order valence-corrected chi connectivity index (χ4v) is 6.78. The van der Waals surface area contributed by atoms with Crippen LogP contribution in [0.15, 0.2) is 47.9 Å². The maximum atomic E-state index is 2.71. The average molecular weight is 377 g/mol. The van der Waals surface area contributed by atoms with Crippen LogP contribution in [-0.2, 0) is 0 Å². The maximum absolute atomic E-state index is 2.71. The molecule has 0 radical (unpaired) electrons. The first-order valence-electron chi connectivity index (χ1n) is 11.6. The van der Waals surface area contributed by atoms with Crippen LogP contribution in [0.1, 0.15) is 77.2 Å². The van der Waals surface area contributed by atoms with Gasteiger partial charge in [-0.05, 0) is 63.0 Å². The van der Waals surface area contributed by atoms with Gasteiger partial charge in [-0.1, -0.05) is 63.3 Å². The molecule has 1 aromatic carbocycles. The molecule has 0 N–H and O–H groups in total. The second kappa shape index (κ2) is 6.97. The number of hydrogen-bond donors (Lipinski definition) is 0. The highest BCUT2D eigenvalue weighted by Crippen LogP contribution is 2.56. The van der Waals surface area contributed by atoms with E-state index in [0.717, 1.165) is 11.8 Å². The summed E-state index contributed by atoms with van der Waals surface area (Å²) in [4.78, 5) is 5.41. The Morgan fingerprint density at radius 3 is 2.29 bits per heavy atom. The van der Waals surface area contributed by atoms with Gasteiger partial charge in [0, 0.05) is 28.7 Å². The van der Waals surface area contributed by atoms with Crippen molar-refractivity contribution in [2.24, 2.45) is 17.3 Å². The van der Waals surface area contributed by atoms with E-state index in [2.05, 4.69) is 67.1 Å². The highest BCUT2D eigenvalue weighted by Gasteiger charge is 2.52. The Morgan fingerprint density at radius 2 is 1.57 bits per heavy atom. The van der Waals surface area contributed by atoms with Crippen LogP contribution in [0.4, 0.5) is 5.69 Å². The minimum Gasteiger partial charge on any atom is -0.328 e. The van der Waals surface area contributed by atoms with E-state index in [1.165, 1.54) is 74.7 Å². The van der Waals surface area contributed by atoms with Gasteiger partial charge in [-0.3, -0.25) is 0 Å². The van der Waals surface area contributed by atoms with E-state index >= 15 is 0 Å². The Bertz CT molecular complexity index is 794. The molecule has 0 amide bonds. The van der Waals surface area contributed by atoms with Crippen molar-refractivity contribution >= 4 is 5.69 Å². The molecule has 150 valence electrons. The summed E-state index contributed by atoms with van der Waals surface area (Å²) in [5.74, 6) is 1.57. The van der Waals surface area contributed by atoms with E-state index in [4.69, 9.17) is 0 Å². The molecule has 5 rings (SSSR count). The van der Waals surface area contributed by atoms with Crippen molar-refractivity contribution in [1.29, 1.82) is 0 Å². The lowest BCUT2D eigenvalue weighted by molar-refractivity contribution is 0.191. The van der Waals surface area contributed by atoms with Crippen molar-refractivity contribution in [3.05, 3.63) is 53.5 Å². The van der Waals surface area contributed by atoms with Crippen LogP contribution >= 0.6 is 0 Å². The standard InChI is InChI=1S/C26H36N2/c1-19-11-7-10-16-23(19)28-20(2)24-26(3,22-14-5-4-6-15-22)17-18-27(24)25(28)21-12-8-9-13-21/h7,10-11,16-18,21-22,25H,4-6,8-9,12-15H2,1-3H3. The van der Waals surface area contributed by atoms with Gasteiger partial charge in [0.25, 0.3) is 0 Å². The molecule has 2 atom stereocenters. The Labute approximate surface area is 171 Å². The summed E-state index contributed by atoms with van der Waals surface area (Å²) in [5.41, 5.74) is 6.13. The van der Waals surface area contributed by atoms with Crippen molar-refractivity contribution in [2.45, 2.75) is 84.7 Å². The highest BCUT2D eigenvalue weighted by molar-refractivity contribution is 5.62. The van der Waals surface area contributed by atoms with Crippen LogP contribution in [0.25, 0.3) is 0 Å². The van der Waals surface area contributed by atoms with Gasteiger partial charge < -0.3 is 9.80 Å². The number of benzene rings is 1. The molecule has 2 aliphatic heterocycles. The number of aryl methyl sites for hydroxylation is 1. The monoisotopic (exact) mass is 376 g/mol. The quantitative estimate of drug-likeness (QED) is 0.561. The summed E-state index contributed by atoms with van der Waals surface area (Å²) in [6.07, 6.45) is 18.1. The fraction of sp³-hybridized carbons (Fsp3) is 0.615. The number of anilines is 1. The number of rotatable bonds is 3. The maximum Gasteiger partial charge on any atom is 0.113 e. The SMILES string of the molecule is CC1=C2N(C=CC2(C)C2CCCCC2)C(C2CCCC2)N1c1ccccc1C. The van der Waals surface area contributed by atoms with Gasteiger partial charge >= 0.3 is 0 Å². The Morgan fingerprint density at radius 1 is 0.893 bits per heavy atom. The second-order valence-electron chi connectivity index (χ2n) is 9.89. The molecular weight excluding hydrogens is 340 g/mol. The third kappa shape index (κ3) is 2.67. The third-order valence-corrected chi connectivity index (χ3v) is 8.25. The first kappa shape index (κ1) is 18.3. The van der Waals surface area contributed by atoms with Gasteiger partial charge in [0.1, 0.15) is 6.17 Å². The third-order valence-electron chi connectivity index (χ3n) is 8.25. The van der Waals surface area contributed by atoms with Gasteiger partial charge in [-0.15, -0.1) is 0 Å². The van der Waals surface area contributed by atoms with E-state index < -0.39 is 0 Å². The molecule has 0 aromatic heterocycles. The minimum atomic E-state index is 0.207. The fourth-order valence-electron chi connectivity index (χ4n) is 6.78. The molecule has 28 heavy (non-hydrogen) atoms. The summed E-state index contributed by atoms with van der Waals surface area (Å²) >= 11 is 0. The van der Waals surface area contributed by atoms with Gasteiger partial charge in [-0.2, -0.15) is 0 Å². The van der Waals surface area contributed by atoms with Crippen LogP contribution in [0.2, 0.25) is 0 Å². The molecular formula is C26H36N2. The van der Waals surface area contributed by atoms with Crippen LogP contribution in [-0.4, -0.2) is 11.1 Å². The highest BCUT2D eigenvalue weighted by atomic mass is 15.4. The van der Waals surface area contributed by atoms with Gasteiger partial charge in [0.05, 0.1) is 0 Å². The molecule has 2 nitrogen and oxygen atoms in total. The zero-order chi connectivity index (χ0) is 19.3. The normalized spacial score (nSPS) is 31.3. The Hall–Kier alpha value is -1.70. The van der Waals surface area contributed by atoms with Crippen molar-refractivity contribution in [2.75, 3.05) is 4.90 Å². The first-order valence-corrected chi connectivity index (χ1v) is 11.6. The first-order chi connectivity index (χ1) is 13.6. The lowest BCUT2D eigenvalue weighted by atomic mass is 9.68. The van der Waals surface area contributed by atoms with Crippen molar-refractivity contribution in [1.82, 2.24) is 4.90 Å². The van der Waals surface area contributed by atoms with Gasteiger partial charge in [-0.25, -0.2) is 0 Å². The van der Waals surface area contributed by atoms with E-state index in [0.29, 0.717) is 6.17 Å². The molecule has 2 heterocycles. The largest absolute Gasteiger partial charge is 0.328 e. The van der Waals surface area contributed by atoms with Crippen molar-refractivity contribution in [3.8, 4) is 0 Å². The predicted molar refractivity (Wildman–Crippen MR) is 118 cm³/mol. The number of para-hydroxylation sites is 1. The number of fused-ring (bicyclic) bond motifs is 1. The molecule has 2 heteroatoms.